The van der Waals surface area contributed by atoms with E-state index in [-0.39, 0.29) is 5.91 Å². The van der Waals surface area contributed by atoms with Crippen molar-refractivity contribution in [3.63, 3.8) is 0 Å². The number of thiophene rings is 1. The van der Waals surface area contributed by atoms with Gasteiger partial charge in [-0.1, -0.05) is 22.9 Å². The Hall–Kier alpha value is -0.950. The number of aromatic nitrogens is 1. The molecule has 0 saturated carbocycles. The highest BCUT2D eigenvalue weighted by atomic mass is 79.9. The Bertz CT molecular complexity index is 923. The van der Waals surface area contributed by atoms with Gasteiger partial charge in [-0.25, -0.2) is 0 Å². The van der Waals surface area contributed by atoms with Gasteiger partial charge in [-0.3, -0.25) is 4.79 Å². The largest absolute Gasteiger partial charge is 0.319 e. The van der Waals surface area contributed by atoms with Crippen LogP contribution >= 0.6 is 50.2 Å². The Labute approximate surface area is 142 Å². The van der Waals surface area contributed by atoms with Crippen LogP contribution in [0.15, 0.2) is 33.0 Å². The first-order valence-corrected chi connectivity index (χ1v) is 8.86. The van der Waals surface area contributed by atoms with Crippen LogP contribution in [0.5, 0.6) is 0 Å². The lowest BCUT2D eigenvalue weighted by Crippen LogP contribution is -2.13. The molecule has 0 saturated heterocycles. The molecule has 7 heteroatoms. The second-order valence-corrected chi connectivity index (χ2v) is 8.44. The third-order valence-electron chi connectivity index (χ3n) is 3.04. The number of carbonyl (C=O) groups is 1. The van der Waals surface area contributed by atoms with Gasteiger partial charge in [0.2, 0.25) is 0 Å². The molecule has 1 amide bonds. The van der Waals surface area contributed by atoms with Crippen molar-refractivity contribution in [3.05, 3.63) is 48.3 Å². The van der Waals surface area contributed by atoms with E-state index in [1.807, 2.05) is 36.7 Å². The van der Waals surface area contributed by atoms with Gasteiger partial charge in [0.15, 0.2) is 4.80 Å². The lowest BCUT2D eigenvalue weighted by atomic mass is 10.2. The van der Waals surface area contributed by atoms with E-state index in [2.05, 4.69) is 20.9 Å². The molecule has 1 aromatic carbocycles. The first-order valence-electron chi connectivity index (χ1n) is 6.06. The summed E-state index contributed by atoms with van der Waals surface area (Å²) in [5.74, 6) is -0.225. The second kappa shape index (κ2) is 5.68. The number of aryl methyl sites for hydroxylation is 2. The number of hydrogen-bond acceptors (Lipinski definition) is 3. The minimum Gasteiger partial charge on any atom is -0.319 e. The summed E-state index contributed by atoms with van der Waals surface area (Å²) in [6.45, 7) is 2.00. The lowest BCUT2D eigenvalue weighted by molar-refractivity contribution is 0.100. The molecule has 2 aromatic heterocycles. The molecule has 0 radical (unpaired) electrons. The molecular weight excluding hydrogens is 392 g/mol. The van der Waals surface area contributed by atoms with Crippen LogP contribution in [0.1, 0.15) is 15.2 Å². The van der Waals surface area contributed by atoms with Gasteiger partial charge in [-0.05, 0) is 52.7 Å². The molecule has 0 unspecified atom stereocenters. The standard InChI is InChI=1S/C14H10BrClN2OS2/c1-7-5-8(16)6-10-12(7)18(2)14(21-10)17-13(19)9-3-4-11(15)20-9/h3-6H,1-2H3. The van der Waals surface area contributed by atoms with Gasteiger partial charge >= 0.3 is 0 Å². The zero-order chi connectivity index (χ0) is 15.1. The van der Waals surface area contributed by atoms with E-state index < -0.39 is 0 Å². The van der Waals surface area contributed by atoms with Crippen LogP contribution in [-0.2, 0) is 7.05 Å². The van der Waals surface area contributed by atoms with E-state index in [0.717, 1.165) is 19.6 Å². The van der Waals surface area contributed by atoms with Crippen molar-refractivity contribution in [3.8, 4) is 0 Å². The fourth-order valence-corrected chi connectivity index (χ4v) is 4.89. The maximum Gasteiger partial charge on any atom is 0.289 e. The van der Waals surface area contributed by atoms with Crippen molar-refractivity contribution in [2.75, 3.05) is 0 Å². The average molecular weight is 402 g/mol. The van der Waals surface area contributed by atoms with E-state index in [1.165, 1.54) is 22.7 Å². The molecule has 0 N–H and O–H groups in total. The zero-order valence-corrected chi connectivity index (χ0v) is 15.2. The molecule has 21 heavy (non-hydrogen) atoms. The zero-order valence-electron chi connectivity index (χ0n) is 11.2. The molecule has 3 nitrogen and oxygen atoms in total. The fraction of sp³-hybridized carbons (Fsp3) is 0.143. The summed E-state index contributed by atoms with van der Waals surface area (Å²) >= 11 is 12.3. The number of hydrogen-bond donors (Lipinski definition) is 0. The maximum absolute atomic E-state index is 12.2. The second-order valence-electron chi connectivity index (χ2n) is 4.53. The summed E-state index contributed by atoms with van der Waals surface area (Å²) in [5.41, 5.74) is 2.13. The highest BCUT2D eigenvalue weighted by Gasteiger charge is 2.11. The minimum atomic E-state index is -0.225. The summed E-state index contributed by atoms with van der Waals surface area (Å²) in [5, 5.41) is 0.696. The van der Waals surface area contributed by atoms with Crippen LogP contribution in [-0.4, -0.2) is 10.5 Å². The summed E-state index contributed by atoms with van der Waals surface area (Å²) in [6, 6.07) is 7.44. The highest BCUT2D eigenvalue weighted by Crippen LogP contribution is 2.26. The summed E-state index contributed by atoms with van der Waals surface area (Å²) in [7, 11) is 1.91. The van der Waals surface area contributed by atoms with Crippen molar-refractivity contribution < 1.29 is 4.79 Å². The predicted molar refractivity (Wildman–Crippen MR) is 92.5 cm³/mol. The number of rotatable bonds is 1. The molecule has 0 bridgehead atoms. The Balaban J connectivity index is 2.16. The molecule has 0 atom stereocenters. The van der Waals surface area contributed by atoms with Gasteiger partial charge in [0, 0.05) is 12.1 Å². The Morgan fingerprint density at radius 3 is 2.76 bits per heavy atom. The van der Waals surface area contributed by atoms with E-state index in [4.69, 9.17) is 11.6 Å². The average Bonchev–Trinajstić information content (AvgIpc) is 2.94. The SMILES string of the molecule is Cc1cc(Cl)cc2sc(=NC(=O)c3ccc(Br)s3)n(C)c12. The molecule has 2 heterocycles. The quantitative estimate of drug-likeness (QED) is 0.578. The minimum absolute atomic E-state index is 0.225. The number of carbonyl (C=O) groups excluding carboxylic acids is 1. The number of nitrogens with zero attached hydrogens (tertiary/aromatic N) is 2. The Kier molecular flexibility index (Phi) is 4.05. The monoisotopic (exact) mass is 400 g/mol. The van der Waals surface area contributed by atoms with Crippen molar-refractivity contribution >= 4 is 66.3 Å². The molecule has 108 valence electrons. The molecule has 0 aliphatic heterocycles. The molecule has 3 rings (SSSR count). The molecule has 0 aliphatic rings. The van der Waals surface area contributed by atoms with E-state index in [0.29, 0.717) is 14.7 Å². The normalized spacial score (nSPS) is 12.3. The van der Waals surface area contributed by atoms with E-state index in [9.17, 15) is 4.79 Å². The molecule has 0 aliphatic carbocycles. The van der Waals surface area contributed by atoms with Gasteiger partial charge in [0.1, 0.15) is 0 Å². The highest BCUT2D eigenvalue weighted by molar-refractivity contribution is 9.11. The maximum atomic E-state index is 12.2. The molecule has 3 aromatic rings. The number of fused-ring (bicyclic) bond motifs is 1. The molecule has 0 fully saturated rings. The van der Waals surface area contributed by atoms with Crippen LogP contribution in [0.4, 0.5) is 0 Å². The predicted octanol–water partition coefficient (Wildman–Crippen LogP) is 4.77. The van der Waals surface area contributed by atoms with Crippen LogP contribution in [0.3, 0.4) is 0 Å². The topological polar surface area (TPSA) is 34.4 Å². The van der Waals surface area contributed by atoms with Crippen molar-refractivity contribution in [2.24, 2.45) is 12.0 Å². The van der Waals surface area contributed by atoms with Crippen LogP contribution in [0, 0.1) is 6.92 Å². The third-order valence-corrected chi connectivity index (χ3v) is 5.94. The Morgan fingerprint density at radius 2 is 2.10 bits per heavy atom. The lowest BCUT2D eigenvalue weighted by Gasteiger charge is -2.00. The number of thiazole rings is 1. The third kappa shape index (κ3) is 2.85. The summed E-state index contributed by atoms with van der Waals surface area (Å²) < 4.78 is 3.89. The van der Waals surface area contributed by atoms with Gasteiger partial charge in [0.05, 0.1) is 18.9 Å². The number of amides is 1. The van der Waals surface area contributed by atoms with Crippen LogP contribution in [0.25, 0.3) is 10.2 Å². The number of halogens is 2. The van der Waals surface area contributed by atoms with Crippen LogP contribution in [0.2, 0.25) is 5.02 Å². The summed E-state index contributed by atoms with van der Waals surface area (Å²) in [6.07, 6.45) is 0. The van der Waals surface area contributed by atoms with Gasteiger partial charge in [-0.15, -0.1) is 11.3 Å². The van der Waals surface area contributed by atoms with Crippen molar-refractivity contribution in [2.45, 2.75) is 6.92 Å². The molecular formula is C14H10BrClN2OS2. The smallest absolute Gasteiger partial charge is 0.289 e. The van der Waals surface area contributed by atoms with Gasteiger partial charge in [-0.2, -0.15) is 4.99 Å². The Morgan fingerprint density at radius 1 is 1.33 bits per heavy atom. The van der Waals surface area contributed by atoms with Gasteiger partial charge in [0.25, 0.3) is 5.91 Å². The van der Waals surface area contributed by atoms with Crippen molar-refractivity contribution in [1.82, 2.24) is 4.57 Å². The van der Waals surface area contributed by atoms with Gasteiger partial charge < -0.3 is 4.57 Å². The van der Waals surface area contributed by atoms with Crippen molar-refractivity contribution in [1.29, 1.82) is 0 Å². The fourth-order valence-electron chi connectivity index (χ4n) is 2.14. The first-order chi connectivity index (χ1) is 9.95. The first kappa shape index (κ1) is 15.0. The van der Waals surface area contributed by atoms with E-state index >= 15 is 0 Å². The molecule has 0 spiro atoms. The summed E-state index contributed by atoms with van der Waals surface area (Å²) in [4.78, 5) is 17.7. The number of benzene rings is 1. The van der Waals surface area contributed by atoms with E-state index in [1.54, 1.807) is 6.07 Å². The van der Waals surface area contributed by atoms with Crippen LogP contribution < -0.4 is 4.80 Å².